The van der Waals surface area contributed by atoms with Gasteiger partial charge in [0.15, 0.2) is 5.69 Å². The Labute approximate surface area is 156 Å². The Kier molecular flexibility index (Phi) is 6.81. The summed E-state index contributed by atoms with van der Waals surface area (Å²) in [5.41, 5.74) is -0.492. The normalized spacial score (nSPS) is 10.7. The Morgan fingerprint density at radius 2 is 1.81 bits per heavy atom. The van der Waals surface area contributed by atoms with Gasteiger partial charge in [-0.15, -0.1) is 0 Å². The number of nitrogens with one attached hydrogen (secondary N) is 1. The van der Waals surface area contributed by atoms with Crippen LogP contribution in [0, 0.1) is 11.7 Å². The maximum atomic E-state index is 13.1. The van der Waals surface area contributed by atoms with Gasteiger partial charge in [0.05, 0.1) is 18.0 Å². The third-order valence-corrected chi connectivity index (χ3v) is 4.09. The topological polar surface area (TPSA) is 90.3 Å². The van der Waals surface area contributed by atoms with Crippen LogP contribution >= 0.6 is 0 Å². The lowest BCUT2D eigenvalue weighted by molar-refractivity contribution is -0.120. The van der Waals surface area contributed by atoms with Crippen LogP contribution in [0.3, 0.4) is 0 Å². The molecule has 0 aliphatic rings. The van der Waals surface area contributed by atoms with Crippen molar-refractivity contribution >= 4 is 17.6 Å². The van der Waals surface area contributed by atoms with E-state index in [-0.39, 0.29) is 35.5 Å². The van der Waals surface area contributed by atoms with Crippen LogP contribution in [0.5, 0.6) is 0 Å². The van der Waals surface area contributed by atoms with Crippen molar-refractivity contribution in [2.24, 2.45) is 5.92 Å². The molecule has 144 valence electrons. The molecule has 2 rings (SSSR count). The smallest absolute Gasteiger partial charge is 0.360 e. The molecule has 0 saturated heterocycles. The Hall–Kier alpha value is -3.03. The van der Waals surface area contributed by atoms with Gasteiger partial charge in [-0.25, -0.2) is 9.18 Å². The zero-order valence-corrected chi connectivity index (χ0v) is 15.5. The van der Waals surface area contributed by atoms with Crippen molar-refractivity contribution in [2.45, 2.75) is 33.6 Å². The molecule has 0 bridgehead atoms. The number of ether oxygens (including phenoxy) is 1. The summed E-state index contributed by atoms with van der Waals surface area (Å²) in [4.78, 5) is 37.1. The van der Waals surface area contributed by atoms with Crippen LogP contribution in [-0.2, 0) is 9.53 Å². The highest BCUT2D eigenvalue weighted by atomic mass is 19.1. The summed E-state index contributed by atoms with van der Waals surface area (Å²) in [6.07, 6.45) is 1.24. The van der Waals surface area contributed by atoms with Crippen molar-refractivity contribution in [3.63, 3.8) is 0 Å². The van der Waals surface area contributed by atoms with Gasteiger partial charge in [0.25, 0.3) is 5.56 Å². The van der Waals surface area contributed by atoms with Gasteiger partial charge in [-0.3, -0.25) is 9.59 Å². The molecule has 0 radical (unpaired) electrons. The van der Waals surface area contributed by atoms with Gasteiger partial charge in [0.2, 0.25) is 5.91 Å². The lowest BCUT2D eigenvalue weighted by Gasteiger charge is -2.15. The average molecular weight is 375 g/mol. The van der Waals surface area contributed by atoms with Gasteiger partial charge in [0.1, 0.15) is 5.82 Å². The van der Waals surface area contributed by atoms with E-state index in [1.807, 2.05) is 13.8 Å². The highest BCUT2D eigenvalue weighted by molar-refractivity contribution is 6.00. The fraction of sp³-hybridized carbons (Fsp3) is 0.368. The van der Waals surface area contributed by atoms with Crippen molar-refractivity contribution in [3.05, 3.63) is 52.2 Å². The van der Waals surface area contributed by atoms with Gasteiger partial charge in [-0.2, -0.15) is 9.78 Å². The molecular weight excluding hydrogens is 353 g/mol. The Morgan fingerprint density at radius 1 is 1.19 bits per heavy atom. The SMILES string of the molecule is CCOC(=O)c1nn(-c2ccc(F)cc2)c(=O)cc1NC(=O)C(CC)CC. The average Bonchev–Trinajstić information content (AvgIpc) is 2.64. The van der Waals surface area contributed by atoms with Crippen LogP contribution in [0.2, 0.25) is 0 Å². The molecule has 0 saturated carbocycles. The first-order valence-corrected chi connectivity index (χ1v) is 8.79. The Balaban J connectivity index is 2.51. The third-order valence-electron chi connectivity index (χ3n) is 4.09. The van der Waals surface area contributed by atoms with Gasteiger partial charge in [0, 0.05) is 12.0 Å². The van der Waals surface area contributed by atoms with Crippen molar-refractivity contribution in [1.82, 2.24) is 9.78 Å². The highest BCUT2D eigenvalue weighted by Crippen LogP contribution is 2.17. The maximum absolute atomic E-state index is 13.1. The van der Waals surface area contributed by atoms with Crippen LogP contribution in [-0.4, -0.2) is 28.3 Å². The quantitative estimate of drug-likeness (QED) is 0.752. The number of aromatic nitrogens is 2. The molecule has 27 heavy (non-hydrogen) atoms. The molecule has 7 nitrogen and oxygen atoms in total. The van der Waals surface area contributed by atoms with E-state index in [1.54, 1.807) is 6.92 Å². The lowest BCUT2D eigenvalue weighted by atomic mass is 10.0. The number of nitrogens with zero attached hydrogens (tertiary/aromatic N) is 2. The predicted molar refractivity (Wildman–Crippen MR) is 98.5 cm³/mol. The second-order valence-electron chi connectivity index (χ2n) is 5.86. The van der Waals surface area contributed by atoms with E-state index in [2.05, 4.69) is 10.4 Å². The zero-order valence-electron chi connectivity index (χ0n) is 15.5. The molecule has 0 fully saturated rings. The molecule has 0 aliphatic carbocycles. The number of benzene rings is 1. The van der Waals surface area contributed by atoms with E-state index in [9.17, 15) is 18.8 Å². The van der Waals surface area contributed by atoms with Crippen molar-refractivity contribution in [3.8, 4) is 5.69 Å². The number of rotatable bonds is 7. The number of carbonyl (C=O) groups is 2. The lowest BCUT2D eigenvalue weighted by Crippen LogP contribution is -2.29. The van der Waals surface area contributed by atoms with Crippen molar-refractivity contribution in [1.29, 1.82) is 0 Å². The fourth-order valence-electron chi connectivity index (χ4n) is 2.56. The van der Waals surface area contributed by atoms with Crippen LogP contribution < -0.4 is 10.9 Å². The summed E-state index contributed by atoms with van der Waals surface area (Å²) >= 11 is 0. The van der Waals surface area contributed by atoms with Crippen LogP contribution in [0.1, 0.15) is 44.1 Å². The molecule has 0 atom stereocenters. The number of hydrogen-bond donors (Lipinski definition) is 1. The van der Waals surface area contributed by atoms with E-state index in [0.717, 1.165) is 10.7 Å². The second-order valence-corrected chi connectivity index (χ2v) is 5.86. The largest absolute Gasteiger partial charge is 0.461 e. The molecule has 1 aromatic carbocycles. The number of hydrogen-bond acceptors (Lipinski definition) is 5. The van der Waals surface area contributed by atoms with Crippen molar-refractivity contribution < 1.29 is 18.7 Å². The van der Waals surface area contributed by atoms with Crippen LogP contribution in [0.15, 0.2) is 35.1 Å². The van der Waals surface area contributed by atoms with Gasteiger partial charge in [-0.1, -0.05) is 13.8 Å². The first kappa shape index (κ1) is 20.3. The summed E-state index contributed by atoms with van der Waals surface area (Å²) in [6.45, 7) is 5.50. The van der Waals surface area contributed by atoms with Crippen molar-refractivity contribution in [2.75, 3.05) is 11.9 Å². The summed E-state index contributed by atoms with van der Waals surface area (Å²) in [5.74, 6) is -1.79. The third kappa shape index (κ3) is 4.78. The molecule has 8 heteroatoms. The Bertz CT molecular complexity index is 874. The zero-order chi connectivity index (χ0) is 20.0. The van der Waals surface area contributed by atoms with Gasteiger partial charge >= 0.3 is 5.97 Å². The summed E-state index contributed by atoms with van der Waals surface area (Å²) in [5, 5.41) is 6.65. The number of amides is 1. The summed E-state index contributed by atoms with van der Waals surface area (Å²) in [6, 6.07) is 6.19. The molecule has 1 amide bonds. The number of esters is 1. The standard InChI is InChI=1S/C19H22FN3O4/c1-4-12(5-2)18(25)21-15-11-16(24)23(14-9-7-13(20)8-10-14)22-17(15)19(26)27-6-3/h7-12H,4-6H2,1-3H3,(H,21,25). The maximum Gasteiger partial charge on any atom is 0.360 e. The predicted octanol–water partition coefficient (Wildman–Crippen LogP) is 2.92. The van der Waals surface area contributed by atoms with E-state index >= 15 is 0 Å². The number of halogens is 1. The minimum atomic E-state index is -0.770. The molecule has 1 N–H and O–H groups in total. The minimum Gasteiger partial charge on any atom is -0.461 e. The summed E-state index contributed by atoms with van der Waals surface area (Å²) < 4.78 is 19.1. The van der Waals surface area contributed by atoms with Crippen LogP contribution in [0.25, 0.3) is 5.69 Å². The fourth-order valence-corrected chi connectivity index (χ4v) is 2.56. The van der Waals surface area contributed by atoms with E-state index in [1.165, 1.54) is 24.3 Å². The molecule has 1 aromatic heterocycles. The first-order chi connectivity index (χ1) is 12.9. The molecule has 1 heterocycles. The Morgan fingerprint density at radius 3 is 2.37 bits per heavy atom. The molecule has 0 aliphatic heterocycles. The molecular formula is C19H22FN3O4. The van der Waals surface area contributed by atoms with Gasteiger partial charge < -0.3 is 10.1 Å². The van der Waals surface area contributed by atoms with Gasteiger partial charge in [-0.05, 0) is 44.0 Å². The molecule has 0 spiro atoms. The van der Waals surface area contributed by atoms with Crippen LogP contribution in [0.4, 0.5) is 10.1 Å². The number of anilines is 1. The second kappa shape index (κ2) is 9.07. The monoisotopic (exact) mass is 375 g/mol. The summed E-state index contributed by atoms with van der Waals surface area (Å²) in [7, 11) is 0. The number of carbonyl (C=O) groups excluding carboxylic acids is 2. The first-order valence-electron chi connectivity index (χ1n) is 8.79. The van der Waals surface area contributed by atoms with E-state index < -0.39 is 17.3 Å². The molecule has 0 unspecified atom stereocenters. The van der Waals surface area contributed by atoms with E-state index in [0.29, 0.717) is 12.8 Å². The van der Waals surface area contributed by atoms with E-state index in [4.69, 9.17) is 4.74 Å². The minimum absolute atomic E-state index is 0.00582. The highest BCUT2D eigenvalue weighted by Gasteiger charge is 2.22. The molecule has 2 aromatic rings.